The van der Waals surface area contributed by atoms with Crippen LogP contribution in [0.4, 0.5) is 0 Å². The van der Waals surface area contributed by atoms with Gasteiger partial charge in [0.2, 0.25) is 5.91 Å². The molecule has 1 rings (SSSR count). The number of carbonyl (C=O) groups is 1. The number of nitrogens with two attached hydrogens (primary N) is 1. The van der Waals surface area contributed by atoms with Gasteiger partial charge in [0.25, 0.3) is 0 Å². The molecule has 0 fully saturated rings. The van der Waals surface area contributed by atoms with Gasteiger partial charge in [0.05, 0.1) is 0 Å². The predicted molar refractivity (Wildman–Crippen MR) is 55.5 cm³/mol. The van der Waals surface area contributed by atoms with Crippen LogP contribution >= 0.6 is 0 Å². The van der Waals surface area contributed by atoms with Crippen LogP contribution in [0.15, 0.2) is 24.3 Å². The van der Waals surface area contributed by atoms with Gasteiger partial charge in [-0.2, -0.15) is 5.06 Å². The van der Waals surface area contributed by atoms with E-state index in [2.05, 4.69) is 0 Å². The van der Waals surface area contributed by atoms with E-state index in [4.69, 9.17) is 11.1 Å². The summed E-state index contributed by atoms with van der Waals surface area (Å²) in [6.45, 7) is 1.60. The summed E-state index contributed by atoms with van der Waals surface area (Å²) in [4.78, 5) is 10.8. The van der Waals surface area contributed by atoms with E-state index in [1.54, 1.807) is 24.3 Å². The zero-order valence-corrected chi connectivity index (χ0v) is 8.40. The number of benzene rings is 1. The molecule has 0 heterocycles. The first kappa shape index (κ1) is 11.4. The van der Waals surface area contributed by atoms with Crippen molar-refractivity contribution >= 4 is 11.7 Å². The van der Waals surface area contributed by atoms with Gasteiger partial charge < -0.3 is 5.73 Å². The quantitative estimate of drug-likeness (QED) is 0.288. The fraction of sp³-hybridized carbons (Fsp3) is 0.200. The lowest BCUT2D eigenvalue weighted by molar-refractivity contribution is -0.146. The van der Waals surface area contributed by atoms with Gasteiger partial charge in [-0.3, -0.25) is 15.4 Å². The summed E-state index contributed by atoms with van der Waals surface area (Å²) < 4.78 is 0. The lowest BCUT2D eigenvalue weighted by Gasteiger charge is -2.13. The van der Waals surface area contributed by atoms with Crippen LogP contribution < -0.4 is 5.73 Å². The van der Waals surface area contributed by atoms with Crippen LogP contribution in [0, 0.1) is 5.41 Å². The minimum atomic E-state index is -0.595. The summed E-state index contributed by atoms with van der Waals surface area (Å²) in [7, 11) is 0. The van der Waals surface area contributed by atoms with Gasteiger partial charge >= 0.3 is 0 Å². The third-order valence-electron chi connectivity index (χ3n) is 1.97. The summed E-state index contributed by atoms with van der Waals surface area (Å²) in [6.07, 6.45) is 0. The summed E-state index contributed by atoms with van der Waals surface area (Å²) >= 11 is 0. The third kappa shape index (κ3) is 2.61. The number of hydrogen-bond donors (Lipinski definition) is 3. The van der Waals surface area contributed by atoms with Gasteiger partial charge in [-0.25, -0.2) is 0 Å². The summed E-state index contributed by atoms with van der Waals surface area (Å²) in [5.74, 6) is -0.839. The maximum absolute atomic E-state index is 10.8. The van der Waals surface area contributed by atoms with E-state index >= 15 is 0 Å². The van der Waals surface area contributed by atoms with E-state index in [9.17, 15) is 10.0 Å². The number of nitrogens with zero attached hydrogens (tertiary/aromatic N) is 1. The lowest BCUT2D eigenvalue weighted by atomic mass is 10.1. The van der Waals surface area contributed by atoms with Crippen molar-refractivity contribution in [3.05, 3.63) is 35.4 Å². The van der Waals surface area contributed by atoms with Gasteiger partial charge in [0.15, 0.2) is 5.84 Å². The van der Waals surface area contributed by atoms with Crippen molar-refractivity contribution < 1.29 is 10.0 Å². The molecule has 0 aromatic heterocycles. The van der Waals surface area contributed by atoms with E-state index in [1.807, 2.05) is 0 Å². The predicted octanol–water partition coefficient (Wildman–Crippen LogP) is 0.708. The monoisotopic (exact) mass is 207 g/mol. The first-order chi connectivity index (χ1) is 7.06. The van der Waals surface area contributed by atoms with E-state index in [0.29, 0.717) is 17.2 Å². The minimum Gasteiger partial charge on any atom is -0.326 e. The number of hydroxylamine groups is 2. The van der Waals surface area contributed by atoms with E-state index in [0.717, 1.165) is 5.56 Å². The number of nitrogens with one attached hydrogen (secondary N) is 1. The average molecular weight is 207 g/mol. The minimum absolute atomic E-state index is 0.244. The SMILES string of the molecule is CC(=O)N(O)C(=N)c1ccc(CN)cc1. The molecule has 0 saturated heterocycles. The Kier molecular flexibility index (Phi) is 3.54. The van der Waals surface area contributed by atoms with Gasteiger partial charge in [-0.05, 0) is 5.56 Å². The van der Waals surface area contributed by atoms with Crippen LogP contribution in [-0.2, 0) is 11.3 Å². The second-order valence-corrected chi connectivity index (χ2v) is 3.08. The number of amidine groups is 1. The maximum Gasteiger partial charge on any atom is 0.249 e. The highest BCUT2D eigenvalue weighted by atomic mass is 16.5. The molecular weight excluding hydrogens is 194 g/mol. The highest BCUT2D eigenvalue weighted by Crippen LogP contribution is 2.06. The fourth-order valence-electron chi connectivity index (χ4n) is 1.08. The molecule has 15 heavy (non-hydrogen) atoms. The van der Waals surface area contributed by atoms with E-state index in [1.165, 1.54) is 6.92 Å². The van der Waals surface area contributed by atoms with Crippen LogP contribution in [0.3, 0.4) is 0 Å². The molecule has 4 N–H and O–H groups in total. The molecule has 5 nitrogen and oxygen atoms in total. The van der Waals surface area contributed by atoms with Crippen molar-refractivity contribution in [3.8, 4) is 0 Å². The van der Waals surface area contributed by atoms with E-state index < -0.39 is 5.91 Å². The Balaban J connectivity index is 2.87. The second-order valence-electron chi connectivity index (χ2n) is 3.08. The summed E-state index contributed by atoms with van der Waals surface area (Å²) in [5, 5.41) is 17.0. The Morgan fingerprint density at radius 3 is 2.40 bits per heavy atom. The molecule has 0 unspecified atom stereocenters. The largest absolute Gasteiger partial charge is 0.326 e. The number of amides is 1. The summed E-state index contributed by atoms with van der Waals surface area (Å²) in [5.41, 5.74) is 6.81. The molecule has 0 bridgehead atoms. The molecule has 0 spiro atoms. The Morgan fingerprint density at radius 2 is 2.00 bits per heavy atom. The number of rotatable bonds is 2. The molecule has 0 atom stereocenters. The molecule has 5 heteroatoms. The molecule has 1 aromatic rings. The number of carbonyl (C=O) groups excluding carboxylic acids is 1. The Bertz CT molecular complexity index is 373. The van der Waals surface area contributed by atoms with Crippen molar-refractivity contribution in [2.24, 2.45) is 5.73 Å². The summed E-state index contributed by atoms with van der Waals surface area (Å²) in [6, 6.07) is 6.77. The topological polar surface area (TPSA) is 90.4 Å². The zero-order chi connectivity index (χ0) is 11.4. The average Bonchev–Trinajstić information content (AvgIpc) is 2.27. The highest BCUT2D eigenvalue weighted by Gasteiger charge is 2.12. The van der Waals surface area contributed by atoms with Gasteiger partial charge in [-0.15, -0.1) is 0 Å². The van der Waals surface area contributed by atoms with Gasteiger partial charge in [0, 0.05) is 19.0 Å². The van der Waals surface area contributed by atoms with Crippen LogP contribution in [0.25, 0.3) is 0 Å². The lowest BCUT2D eigenvalue weighted by Crippen LogP contribution is -2.31. The molecule has 0 aliphatic heterocycles. The molecule has 80 valence electrons. The normalized spacial score (nSPS) is 9.80. The third-order valence-corrected chi connectivity index (χ3v) is 1.97. The van der Waals surface area contributed by atoms with Crippen molar-refractivity contribution in [2.75, 3.05) is 0 Å². The molecule has 1 amide bonds. The van der Waals surface area contributed by atoms with Crippen molar-refractivity contribution in [1.82, 2.24) is 5.06 Å². The van der Waals surface area contributed by atoms with Crippen LogP contribution in [0.1, 0.15) is 18.1 Å². The fourth-order valence-corrected chi connectivity index (χ4v) is 1.08. The highest BCUT2D eigenvalue weighted by molar-refractivity contribution is 6.04. The van der Waals surface area contributed by atoms with Crippen molar-refractivity contribution in [3.63, 3.8) is 0 Å². The molecular formula is C10H13N3O2. The first-order valence-corrected chi connectivity index (χ1v) is 4.43. The number of hydrogen-bond acceptors (Lipinski definition) is 4. The molecule has 0 aliphatic carbocycles. The smallest absolute Gasteiger partial charge is 0.249 e. The van der Waals surface area contributed by atoms with Crippen molar-refractivity contribution in [2.45, 2.75) is 13.5 Å². The molecule has 0 saturated carbocycles. The Labute approximate surface area is 87.6 Å². The molecule has 0 aliphatic rings. The van der Waals surface area contributed by atoms with E-state index in [-0.39, 0.29) is 5.84 Å². The molecule has 0 radical (unpaired) electrons. The van der Waals surface area contributed by atoms with Crippen LogP contribution in [0.2, 0.25) is 0 Å². The van der Waals surface area contributed by atoms with Crippen LogP contribution in [0.5, 0.6) is 0 Å². The molecule has 1 aromatic carbocycles. The van der Waals surface area contributed by atoms with Gasteiger partial charge in [-0.1, -0.05) is 24.3 Å². The van der Waals surface area contributed by atoms with Crippen molar-refractivity contribution in [1.29, 1.82) is 5.41 Å². The first-order valence-electron chi connectivity index (χ1n) is 4.43. The standard InChI is InChI=1S/C10H13N3O2/c1-7(14)13(15)10(12)9-4-2-8(6-11)3-5-9/h2-5,12,15H,6,11H2,1H3. The van der Waals surface area contributed by atoms with Gasteiger partial charge in [0.1, 0.15) is 0 Å². The maximum atomic E-state index is 10.8. The zero-order valence-electron chi connectivity index (χ0n) is 8.40. The Hall–Kier alpha value is -1.72. The van der Waals surface area contributed by atoms with Crippen LogP contribution in [-0.4, -0.2) is 22.0 Å². The Morgan fingerprint density at radius 1 is 1.47 bits per heavy atom. The second kappa shape index (κ2) is 4.68.